The molecule has 0 bridgehead atoms. The molecule has 7 nitrogen and oxygen atoms in total. The summed E-state index contributed by atoms with van der Waals surface area (Å²) in [7, 11) is 0. The Morgan fingerprint density at radius 2 is 2.00 bits per heavy atom. The number of hydrogen-bond donors (Lipinski definition) is 2. The molecule has 1 fully saturated rings. The summed E-state index contributed by atoms with van der Waals surface area (Å²) in [4.78, 5) is 29.9. The first-order valence-corrected chi connectivity index (χ1v) is 9.98. The van der Waals surface area contributed by atoms with E-state index in [-0.39, 0.29) is 12.3 Å². The van der Waals surface area contributed by atoms with Gasteiger partial charge in [-0.1, -0.05) is 35.3 Å². The van der Waals surface area contributed by atoms with Gasteiger partial charge in [0.1, 0.15) is 17.1 Å². The topological polar surface area (TPSA) is 108 Å². The van der Waals surface area contributed by atoms with Gasteiger partial charge in [0.25, 0.3) is 5.91 Å². The van der Waals surface area contributed by atoms with Crippen molar-refractivity contribution in [1.82, 2.24) is 15.6 Å². The van der Waals surface area contributed by atoms with Crippen molar-refractivity contribution >= 4 is 46.1 Å². The van der Waals surface area contributed by atoms with E-state index in [1.54, 1.807) is 36.4 Å². The third-order valence-electron chi connectivity index (χ3n) is 4.83. The maximum absolute atomic E-state index is 12.9. The van der Waals surface area contributed by atoms with E-state index in [9.17, 15) is 14.9 Å². The Morgan fingerprint density at radius 3 is 2.67 bits per heavy atom. The molecule has 4 rings (SSSR count). The highest BCUT2D eigenvalue weighted by Gasteiger charge is 2.45. The third-order valence-corrected chi connectivity index (χ3v) is 5.37. The van der Waals surface area contributed by atoms with Crippen LogP contribution in [0.1, 0.15) is 29.1 Å². The Labute approximate surface area is 182 Å². The number of halogens is 2. The Hall–Kier alpha value is -3.08. The zero-order chi connectivity index (χ0) is 21.3. The zero-order valence-electron chi connectivity index (χ0n) is 15.6. The number of amides is 2. The van der Waals surface area contributed by atoms with Crippen molar-refractivity contribution in [2.75, 3.05) is 0 Å². The molecule has 2 amide bonds. The lowest BCUT2D eigenvalue weighted by molar-refractivity contribution is -0.123. The molecule has 3 aromatic rings. The number of benzene rings is 2. The van der Waals surface area contributed by atoms with Gasteiger partial charge in [-0.15, -0.1) is 0 Å². The minimum absolute atomic E-state index is 0.00927. The van der Waals surface area contributed by atoms with Gasteiger partial charge in [-0.2, -0.15) is 5.26 Å². The van der Waals surface area contributed by atoms with Crippen LogP contribution in [0.5, 0.6) is 0 Å². The van der Waals surface area contributed by atoms with E-state index in [1.165, 1.54) is 6.07 Å². The third kappa shape index (κ3) is 4.25. The van der Waals surface area contributed by atoms with Crippen LogP contribution in [-0.2, 0) is 11.2 Å². The van der Waals surface area contributed by atoms with Crippen molar-refractivity contribution in [2.45, 2.75) is 30.8 Å². The minimum Gasteiger partial charge on any atom is -0.441 e. The number of carbonyl (C=O) groups excluding carboxylic acids is 2. The standard InChI is InChI=1S/C21H16Cl2N4O3/c22-13-4-1-3-12(9-13)19(28)25-15(20(29)27-21(11-24)7-8-21)10-17-26-18-14(23)5-2-6-16(18)30-17/h1-6,9,15H,7-8,10H2,(H,25,28)(H,27,29). The maximum Gasteiger partial charge on any atom is 0.251 e. The van der Waals surface area contributed by atoms with Gasteiger partial charge in [0.2, 0.25) is 5.91 Å². The smallest absolute Gasteiger partial charge is 0.251 e. The number of rotatable bonds is 6. The second kappa shape index (κ2) is 7.98. The first-order valence-electron chi connectivity index (χ1n) is 9.23. The van der Waals surface area contributed by atoms with Gasteiger partial charge in [-0.05, 0) is 43.2 Å². The summed E-state index contributed by atoms with van der Waals surface area (Å²) in [6.45, 7) is 0. The molecule has 1 atom stereocenters. The lowest BCUT2D eigenvalue weighted by atomic mass is 10.1. The Morgan fingerprint density at radius 1 is 1.23 bits per heavy atom. The van der Waals surface area contributed by atoms with Crippen molar-refractivity contribution in [3.05, 3.63) is 64.0 Å². The molecule has 0 radical (unpaired) electrons. The highest BCUT2D eigenvalue weighted by Crippen LogP contribution is 2.34. The van der Waals surface area contributed by atoms with Crippen LogP contribution in [-0.4, -0.2) is 28.4 Å². The Balaban J connectivity index is 1.59. The molecule has 0 spiro atoms. The van der Waals surface area contributed by atoms with Crippen LogP contribution in [0.25, 0.3) is 11.1 Å². The number of carbonyl (C=O) groups is 2. The lowest BCUT2D eigenvalue weighted by Gasteiger charge is -2.19. The van der Waals surface area contributed by atoms with E-state index >= 15 is 0 Å². The molecule has 152 valence electrons. The van der Waals surface area contributed by atoms with Gasteiger partial charge in [-0.3, -0.25) is 9.59 Å². The van der Waals surface area contributed by atoms with Crippen LogP contribution in [0.3, 0.4) is 0 Å². The van der Waals surface area contributed by atoms with Crippen LogP contribution in [0.4, 0.5) is 0 Å². The summed E-state index contributed by atoms with van der Waals surface area (Å²) in [5.74, 6) is -0.724. The number of nitrogens with zero attached hydrogens (tertiary/aromatic N) is 2. The Bertz CT molecular complexity index is 1180. The first kappa shape index (κ1) is 20.2. The molecule has 1 heterocycles. The number of nitrogens with one attached hydrogen (secondary N) is 2. The fourth-order valence-corrected chi connectivity index (χ4v) is 3.41. The van der Waals surface area contributed by atoms with E-state index in [0.29, 0.717) is 39.6 Å². The molecule has 9 heteroatoms. The fraction of sp³-hybridized carbons (Fsp3) is 0.238. The second-order valence-electron chi connectivity index (χ2n) is 7.12. The SMILES string of the molecule is N#CC1(NC(=O)C(Cc2nc3c(Cl)cccc3o2)NC(=O)c2cccc(Cl)c2)CC1. The van der Waals surface area contributed by atoms with Gasteiger partial charge >= 0.3 is 0 Å². The minimum atomic E-state index is -1.01. The second-order valence-corrected chi connectivity index (χ2v) is 7.96. The summed E-state index contributed by atoms with van der Waals surface area (Å²) >= 11 is 12.1. The average molecular weight is 443 g/mol. The van der Waals surface area contributed by atoms with E-state index in [4.69, 9.17) is 27.6 Å². The van der Waals surface area contributed by atoms with Gasteiger partial charge < -0.3 is 15.1 Å². The van der Waals surface area contributed by atoms with Crippen LogP contribution < -0.4 is 10.6 Å². The molecule has 1 aliphatic rings. The first-order chi connectivity index (χ1) is 14.4. The molecule has 1 saturated carbocycles. The van der Waals surface area contributed by atoms with Gasteiger partial charge in [0.05, 0.1) is 17.5 Å². The molecule has 2 N–H and O–H groups in total. The van der Waals surface area contributed by atoms with Crippen molar-refractivity contribution in [2.24, 2.45) is 0 Å². The molecular weight excluding hydrogens is 427 g/mol. The van der Waals surface area contributed by atoms with E-state index in [1.807, 2.05) is 0 Å². The quantitative estimate of drug-likeness (QED) is 0.605. The van der Waals surface area contributed by atoms with Gasteiger partial charge in [0.15, 0.2) is 11.5 Å². The molecule has 1 aromatic heterocycles. The highest BCUT2D eigenvalue weighted by atomic mass is 35.5. The molecular formula is C21H16Cl2N4O3. The molecule has 0 aliphatic heterocycles. The van der Waals surface area contributed by atoms with E-state index < -0.39 is 23.4 Å². The molecule has 2 aromatic carbocycles. The van der Waals surface area contributed by atoms with E-state index in [2.05, 4.69) is 21.7 Å². The van der Waals surface area contributed by atoms with Crippen LogP contribution >= 0.6 is 23.2 Å². The van der Waals surface area contributed by atoms with Gasteiger partial charge in [0, 0.05) is 10.6 Å². The summed E-state index contributed by atoms with van der Waals surface area (Å²) in [6, 6.07) is 12.6. The van der Waals surface area contributed by atoms with Crippen LogP contribution in [0.2, 0.25) is 10.0 Å². The van der Waals surface area contributed by atoms with Crippen LogP contribution in [0.15, 0.2) is 46.9 Å². The van der Waals surface area contributed by atoms with Crippen LogP contribution in [0, 0.1) is 11.3 Å². The Kier molecular flexibility index (Phi) is 5.37. The summed E-state index contributed by atoms with van der Waals surface area (Å²) < 4.78 is 5.70. The molecule has 0 saturated heterocycles. The number of nitriles is 1. The number of oxazole rings is 1. The molecule has 1 unspecified atom stereocenters. The summed E-state index contributed by atoms with van der Waals surface area (Å²) in [6.07, 6.45) is 1.13. The lowest BCUT2D eigenvalue weighted by Crippen LogP contribution is -2.51. The van der Waals surface area contributed by atoms with Crippen molar-refractivity contribution < 1.29 is 14.0 Å². The fourth-order valence-electron chi connectivity index (χ4n) is 3.02. The predicted octanol–water partition coefficient (Wildman–Crippen LogP) is 3.65. The summed E-state index contributed by atoms with van der Waals surface area (Å²) in [5.41, 5.74) is 0.391. The van der Waals surface area contributed by atoms with Crippen molar-refractivity contribution in [3.63, 3.8) is 0 Å². The van der Waals surface area contributed by atoms with Gasteiger partial charge in [-0.25, -0.2) is 4.98 Å². The van der Waals surface area contributed by atoms with Crippen molar-refractivity contribution in [1.29, 1.82) is 5.26 Å². The highest BCUT2D eigenvalue weighted by molar-refractivity contribution is 6.34. The monoisotopic (exact) mass is 442 g/mol. The normalized spacial score (nSPS) is 15.2. The number of aromatic nitrogens is 1. The summed E-state index contributed by atoms with van der Waals surface area (Å²) in [5, 5.41) is 15.5. The molecule has 30 heavy (non-hydrogen) atoms. The number of fused-ring (bicyclic) bond motifs is 1. The van der Waals surface area contributed by atoms with Crippen molar-refractivity contribution in [3.8, 4) is 6.07 Å². The van der Waals surface area contributed by atoms with E-state index in [0.717, 1.165) is 0 Å². The predicted molar refractivity (Wildman–Crippen MR) is 111 cm³/mol. The average Bonchev–Trinajstić information content (AvgIpc) is 3.37. The molecule has 1 aliphatic carbocycles. The maximum atomic E-state index is 12.9. The zero-order valence-corrected chi connectivity index (χ0v) is 17.1. The largest absolute Gasteiger partial charge is 0.441 e. The number of para-hydroxylation sites is 1. The number of hydrogen-bond acceptors (Lipinski definition) is 5.